The van der Waals surface area contributed by atoms with Crippen LogP contribution < -0.4 is 5.43 Å². The fourth-order valence-corrected chi connectivity index (χ4v) is 1.01. The highest BCUT2D eigenvalue weighted by molar-refractivity contribution is 7.80. The van der Waals surface area contributed by atoms with Gasteiger partial charge in [0.15, 0.2) is 5.05 Å². The molecule has 1 aliphatic rings. The molecule has 0 aromatic rings. The first-order valence-corrected chi connectivity index (χ1v) is 3.81. The third-order valence-electron chi connectivity index (χ3n) is 1.76. The van der Waals surface area contributed by atoms with Gasteiger partial charge in [-0.1, -0.05) is 0 Å². The number of rotatable bonds is 1. The zero-order valence-corrected chi connectivity index (χ0v) is 7.46. The van der Waals surface area contributed by atoms with E-state index in [1.807, 2.05) is 0 Å². The Morgan fingerprint density at radius 3 is 2.46 bits per heavy atom. The number of halogens is 3. The number of aliphatic hydroxyl groups excluding tert-OH is 1. The van der Waals surface area contributed by atoms with Gasteiger partial charge >= 0.3 is 6.18 Å². The molecule has 0 aromatic carbocycles. The van der Waals surface area contributed by atoms with Crippen LogP contribution in [-0.4, -0.2) is 27.6 Å². The molecule has 13 heavy (non-hydrogen) atoms. The molecule has 1 atom stereocenters. The van der Waals surface area contributed by atoms with Gasteiger partial charge in [-0.3, -0.25) is 5.43 Å². The average molecular weight is 212 g/mol. The molecule has 74 valence electrons. The van der Waals surface area contributed by atoms with Crippen LogP contribution in [0.15, 0.2) is 5.10 Å². The summed E-state index contributed by atoms with van der Waals surface area (Å²) in [5, 5.41) is 11.5. The lowest BCUT2D eigenvalue weighted by Gasteiger charge is -2.20. The van der Waals surface area contributed by atoms with Crippen LogP contribution >= 0.6 is 12.2 Å². The Morgan fingerprint density at radius 2 is 2.23 bits per heavy atom. The second kappa shape index (κ2) is 2.83. The van der Waals surface area contributed by atoms with Crippen LogP contribution in [0.25, 0.3) is 0 Å². The lowest BCUT2D eigenvalue weighted by Crippen LogP contribution is -2.43. The maximum absolute atomic E-state index is 12.1. The van der Waals surface area contributed by atoms with Gasteiger partial charge < -0.3 is 5.11 Å². The molecule has 0 aliphatic carbocycles. The second-order valence-electron chi connectivity index (χ2n) is 2.98. The SMILES string of the molecule is C[C@@]1(C(O)=S)CC(C(F)(F)F)=NN1. The molecule has 0 saturated heterocycles. The van der Waals surface area contributed by atoms with E-state index in [2.05, 4.69) is 22.7 Å². The van der Waals surface area contributed by atoms with Crippen molar-refractivity contribution in [1.29, 1.82) is 0 Å². The monoisotopic (exact) mass is 212 g/mol. The van der Waals surface area contributed by atoms with Crippen molar-refractivity contribution in [1.82, 2.24) is 5.43 Å². The number of nitrogens with one attached hydrogen (secondary N) is 1. The molecule has 0 spiro atoms. The van der Waals surface area contributed by atoms with E-state index in [1.165, 1.54) is 6.92 Å². The van der Waals surface area contributed by atoms with E-state index in [1.54, 1.807) is 0 Å². The van der Waals surface area contributed by atoms with Crippen LogP contribution in [0, 0.1) is 0 Å². The van der Waals surface area contributed by atoms with E-state index in [0.29, 0.717) is 0 Å². The molecule has 2 N–H and O–H groups in total. The molecule has 1 aliphatic heterocycles. The normalized spacial score (nSPS) is 28.2. The molecule has 1 rings (SSSR count). The van der Waals surface area contributed by atoms with E-state index in [0.717, 1.165) is 0 Å². The van der Waals surface area contributed by atoms with Gasteiger partial charge in [0, 0.05) is 6.42 Å². The summed E-state index contributed by atoms with van der Waals surface area (Å²) in [6.07, 6.45) is -4.90. The lowest BCUT2D eigenvalue weighted by molar-refractivity contribution is -0.0601. The van der Waals surface area contributed by atoms with Gasteiger partial charge in [-0.05, 0) is 19.1 Å². The molecule has 3 nitrogen and oxygen atoms in total. The van der Waals surface area contributed by atoms with Gasteiger partial charge in [-0.15, -0.1) is 0 Å². The third-order valence-corrected chi connectivity index (χ3v) is 2.21. The number of hydrogen-bond donors (Lipinski definition) is 2. The second-order valence-corrected chi connectivity index (χ2v) is 3.37. The van der Waals surface area contributed by atoms with Crippen LogP contribution in [0.4, 0.5) is 13.2 Å². The Balaban J connectivity index is 2.77. The zero-order chi connectivity index (χ0) is 10.3. The molecular weight excluding hydrogens is 205 g/mol. The summed E-state index contributed by atoms with van der Waals surface area (Å²) in [5.74, 6) is 0. The molecule has 0 bridgehead atoms. The molecule has 0 unspecified atom stereocenters. The summed E-state index contributed by atoms with van der Waals surface area (Å²) in [6.45, 7) is 1.36. The molecule has 0 saturated carbocycles. The Hall–Kier alpha value is -0.850. The summed E-state index contributed by atoms with van der Waals surface area (Å²) in [5.41, 5.74) is -0.0503. The minimum atomic E-state index is -4.46. The maximum atomic E-state index is 12.1. The van der Waals surface area contributed by atoms with Crippen molar-refractivity contribution >= 4 is 23.0 Å². The predicted octanol–water partition coefficient (Wildman–Crippen LogP) is 1.54. The Kier molecular flexibility index (Phi) is 2.23. The van der Waals surface area contributed by atoms with Crippen LogP contribution in [0.1, 0.15) is 13.3 Å². The van der Waals surface area contributed by atoms with Crippen molar-refractivity contribution in [3.8, 4) is 0 Å². The number of nitrogens with zero attached hydrogens (tertiary/aromatic N) is 1. The van der Waals surface area contributed by atoms with Crippen molar-refractivity contribution in [2.75, 3.05) is 0 Å². The van der Waals surface area contributed by atoms with Gasteiger partial charge in [-0.25, -0.2) is 0 Å². The number of hydrazone groups is 1. The summed E-state index contributed by atoms with van der Waals surface area (Å²) in [6, 6.07) is 0. The number of aliphatic hydroxyl groups is 1. The van der Waals surface area contributed by atoms with Crippen molar-refractivity contribution in [3.05, 3.63) is 0 Å². The van der Waals surface area contributed by atoms with Crippen LogP contribution in [-0.2, 0) is 0 Å². The highest BCUT2D eigenvalue weighted by Gasteiger charge is 2.46. The number of hydrogen-bond acceptors (Lipinski definition) is 3. The molecule has 0 radical (unpaired) electrons. The largest absolute Gasteiger partial charge is 0.500 e. The summed E-state index contributed by atoms with van der Waals surface area (Å²) in [4.78, 5) is 0. The maximum Gasteiger partial charge on any atom is 0.431 e. The fourth-order valence-electron chi connectivity index (χ4n) is 0.892. The fraction of sp³-hybridized carbons (Fsp3) is 0.667. The lowest BCUT2D eigenvalue weighted by atomic mass is 9.98. The molecule has 1 heterocycles. The standard InChI is InChI=1S/C6H7F3N2OS/c1-5(4(12)13)2-3(10-11-5)6(7,8)9/h11H,2H2,1H3,(H,12,13)/t5-/m0/s1. The van der Waals surface area contributed by atoms with Gasteiger partial charge in [-0.2, -0.15) is 18.3 Å². The van der Waals surface area contributed by atoms with E-state index >= 15 is 0 Å². The first kappa shape index (κ1) is 10.2. The van der Waals surface area contributed by atoms with Gasteiger partial charge in [0.25, 0.3) is 0 Å². The predicted molar refractivity (Wildman–Crippen MR) is 44.9 cm³/mol. The Bertz CT molecular complexity index is 276. The van der Waals surface area contributed by atoms with Gasteiger partial charge in [0.1, 0.15) is 11.3 Å². The summed E-state index contributed by atoms with van der Waals surface area (Å²) < 4.78 is 36.2. The Morgan fingerprint density at radius 1 is 1.69 bits per heavy atom. The van der Waals surface area contributed by atoms with Crippen molar-refractivity contribution < 1.29 is 18.3 Å². The van der Waals surface area contributed by atoms with E-state index in [-0.39, 0.29) is 0 Å². The number of alkyl halides is 3. The van der Waals surface area contributed by atoms with Crippen LogP contribution in [0.3, 0.4) is 0 Å². The first-order chi connectivity index (χ1) is 5.76. The topological polar surface area (TPSA) is 44.6 Å². The van der Waals surface area contributed by atoms with Crippen molar-refractivity contribution in [2.45, 2.75) is 25.1 Å². The highest BCUT2D eigenvalue weighted by atomic mass is 32.1. The van der Waals surface area contributed by atoms with E-state index in [9.17, 15) is 13.2 Å². The molecule has 7 heteroatoms. The minimum Gasteiger partial charge on any atom is -0.500 e. The summed E-state index contributed by atoms with van der Waals surface area (Å²) in [7, 11) is 0. The molecule has 0 amide bonds. The van der Waals surface area contributed by atoms with Crippen LogP contribution in [0.2, 0.25) is 0 Å². The smallest absolute Gasteiger partial charge is 0.431 e. The van der Waals surface area contributed by atoms with E-state index < -0.39 is 28.9 Å². The zero-order valence-electron chi connectivity index (χ0n) is 6.64. The van der Waals surface area contributed by atoms with Gasteiger partial charge in [0.05, 0.1) is 0 Å². The molecular formula is C6H7F3N2OS. The van der Waals surface area contributed by atoms with Crippen LogP contribution in [0.5, 0.6) is 0 Å². The van der Waals surface area contributed by atoms with Crippen molar-refractivity contribution in [3.63, 3.8) is 0 Å². The molecule has 0 fully saturated rings. The third kappa shape index (κ3) is 1.90. The minimum absolute atomic E-state index is 0.439. The Labute approximate surface area is 77.6 Å². The summed E-state index contributed by atoms with van der Waals surface area (Å²) >= 11 is 4.40. The van der Waals surface area contributed by atoms with Gasteiger partial charge in [0.2, 0.25) is 0 Å². The average Bonchev–Trinajstić information content (AvgIpc) is 2.31. The first-order valence-electron chi connectivity index (χ1n) is 3.40. The molecule has 0 aromatic heterocycles. The number of thiocarbonyl (C=S) groups is 1. The highest BCUT2D eigenvalue weighted by Crippen LogP contribution is 2.28. The van der Waals surface area contributed by atoms with E-state index in [4.69, 9.17) is 5.11 Å². The quantitative estimate of drug-likeness (QED) is 0.648. The van der Waals surface area contributed by atoms with Crippen molar-refractivity contribution in [2.24, 2.45) is 5.10 Å².